The fourth-order valence-corrected chi connectivity index (χ4v) is 1.97. The molecule has 2 N–H and O–H groups in total. The van der Waals surface area contributed by atoms with Crippen LogP contribution in [0.2, 0.25) is 5.02 Å². The normalized spacial score (nSPS) is 11.1. The summed E-state index contributed by atoms with van der Waals surface area (Å²) in [6, 6.07) is 5.22. The van der Waals surface area contributed by atoms with E-state index in [2.05, 4.69) is 19.2 Å². The first-order valence-corrected chi connectivity index (χ1v) is 6.66. The maximum atomic E-state index is 9.64. The summed E-state index contributed by atoms with van der Waals surface area (Å²) in [6.07, 6.45) is 3.70. The number of phenols is 1. The van der Waals surface area contributed by atoms with Crippen molar-refractivity contribution in [2.45, 2.75) is 39.7 Å². The van der Waals surface area contributed by atoms with Gasteiger partial charge in [0.25, 0.3) is 0 Å². The van der Waals surface area contributed by atoms with Gasteiger partial charge < -0.3 is 10.4 Å². The van der Waals surface area contributed by atoms with Gasteiger partial charge in [-0.05, 0) is 31.0 Å². The second kappa shape index (κ2) is 7.57. The van der Waals surface area contributed by atoms with Crippen LogP contribution in [0.5, 0.6) is 5.75 Å². The summed E-state index contributed by atoms with van der Waals surface area (Å²) < 4.78 is 0. The van der Waals surface area contributed by atoms with Gasteiger partial charge in [0.1, 0.15) is 5.75 Å². The van der Waals surface area contributed by atoms with E-state index in [1.54, 1.807) is 18.2 Å². The Morgan fingerprint density at radius 1 is 1.29 bits per heavy atom. The van der Waals surface area contributed by atoms with Crippen LogP contribution in [0.3, 0.4) is 0 Å². The number of aromatic hydroxyl groups is 1. The summed E-state index contributed by atoms with van der Waals surface area (Å²) in [5.74, 6) is 1.05. The molecule has 1 aromatic rings. The number of phenolic OH excluding ortho intramolecular Hbond substituents is 1. The van der Waals surface area contributed by atoms with Gasteiger partial charge in [0.2, 0.25) is 0 Å². The molecule has 0 unspecified atom stereocenters. The lowest BCUT2D eigenvalue weighted by molar-refractivity contribution is 0.463. The van der Waals surface area contributed by atoms with Crippen molar-refractivity contribution < 1.29 is 5.11 Å². The van der Waals surface area contributed by atoms with Crippen molar-refractivity contribution in [3.63, 3.8) is 0 Å². The van der Waals surface area contributed by atoms with Crippen LogP contribution < -0.4 is 5.32 Å². The van der Waals surface area contributed by atoms with Gasteiger partial charge in [-0.25, -0.2) is 0 Å². The van der Waals surface area contributed by atoms with E-state index in [1.165, 1.54) is 19.3 Å². The first kappa shape index (κ1) is 14.3. The molecule has 0 aliphatic carbocycles. The summed E-state index contributed by atoms with van der Waals surface area (Å²) in [5, 5.41) is 13.6. The zero-order valence-corrected chi connectivity index (χ0v) is 11.4. The standard InChI is InChI=1S/C14H22ClNO/c1-11(2)6-3-4-9-16-10-12-13(15)7-5-8-14(12)17/h5,7-8,11,16-17H,3-4,6,9-10H2,1-2H3. The zero-order valence-electron chi connectivity index (χ0n) is 10.7. The number of rotatable bonds is 7. The van der Waals surface area contributed by atoms with E-state index < -0.39 is 0 Å². The molecular weight excluding hydrogens is 234 g/mol. The topological polar surface area (TPSA) is 32.3 Å². The molecule has 0 atom stereocenters. The molecule has 0 bridgehead atoms. The van der Waals surface area contributed by atoms with Crippen LogP contribution in [-0.2, 0) is 6.54 Å². The molecule has 0 aliphatic rings. The Bertz CT molecular complexity index is 319. The fraction of sp³-hybridized carbons (Fsp3) is 0.571. The minimum atomic E-state index is 0.271. The van der Waals surface area contributed by atoms with Crippen LogP contribution >= 0.6 is 11.6 Å². The lowest BCUT2D eigenvalue weighted by atomic mass is 10.1. The highest BCUT2D eigenvalue weighted by Gasteiger charge is 2.04. The van der Waals surface area contributed by atoms with Crippen molar-refractivity contribution in [3.8, 4) is 5.75 Å². The van der Waals surface area contributed by atoms with Crippen molar-refractivity contribution in [2.75, 3.05) is 6.54 Å². The Morgan fingerprint density at radius 2 is 2.06 bits per heavy atom. The highest BCUT2D eigenvalue weighted by Crippen LogP contribution is 2.24. The minimum Gasteiger partial charge on any atom is -0.508 e. The number of benzene rings is 1. The Morgan fingerprint density at radius 3 is 2.71 bits per heavy atom. The van der Waals surface area contributed by atoms with Crippen molar-refractivity contribution in [1.29, 1.82) is 0 Å². The van der Waals surface area contributed by atoms with Crippen LogP contribution in [0, 0.1) is 5.92 Å². The van der Waals surface area contributed by atoms with E-state index >= 15 is 0 Å². The molecule has 0 saturated carbocycles. The first-order valence-electron chi connectivity index (χ1n) is 6.28. The number of hydrogen-bond acceptors (Lipinski definition) is 2. The molecule has 0 fully saturated rings. The largest absolute Gasteiger partial charge is 0.508 e. The van der Waals surface area contributed by atoms with E-state index in [4.69, 9.17) is 11.6 Å². The molecular formula is C14H22ClNO. The molecule has 0 heterocycles. The lowest BCUT2D eigenvalue weighted by Gasteiger charge is -2.09. The van der Waals surface area contributed by atoms with Gasteiger partial charge in [-0.15, -0.1) is 0 Å². The minimum absolute atomic E-state index is 0.271. The monoisotopic (exact) mass is 255 g/mol. The second-order valence-corrected chi connectivity index (χ2v) is 5.21. The van der Waals surface area contributed by atoms with E-state index in [1.807, 2.05) is 0 Å². The van der Waals surface area contributed by atoms with E-state index in [-0.39, 0.29) is 5.75 Å². The summed E-state index contributed by atoms with van der Waals surface area (Å²) in [7, 11) is 0. The van der Waals surface area contributed by atoms with Gasteiger partial charge in [0.15, 0.2) is 0 Å². The van der Waals surface area contributed by atoms with Crippen LogP contribution in [-0.4, -0.2) is 11.7 Å². The molecule has 96 valence electrons. The summed E-state index contributed by atoms with van der Waals surface area (Å²) in [4.78, 5) is 0. The zero-order chi connectivity index (χ0) is 12.7. The Hall–Kier alpha value is -0.730. The lowest BCUT2D eigenvalue weighted by Crippen LogP contribution is -2.15. The average molecular weight is 256 g/mol. The van der Waals surface area contributed by atoms with Gasteiger partial charge >= 0.3 is 0 Å². The predicted molar refractivity (Wildman–Crippen MR) is 73.5 cm³/mol. The summed E-state index contributed by atoms with van der Waals surface area (Å²) in [6.45, 7) is 6.09. The molecule has 0 radical (unpaired) electrons. The number of halogens is 1. The van der Waals surface area contributed by atoms with Crippen LogP contribution in [0.1, 0.15) is 38.7 Å². The predicted octanol–water partition coefficient (Wildman–Crippen LogP) is 3.96. The number of unbranched alkanes of at least 4 members (excludes halogenated alkanes) is 1. The molecule has 0 saturated heterocycles. The third-order valence-electron chi connectivity index (χ3n) is 2.78. The second-order valence-electron chi connectivity index (χ2n) is 4.80. The smallest absolute Gasteiger partial charge is 0.121 e. The fourth-order valence-electron chi connectivity index (χ4n) is 1.74. The first-order chi connectivity index (χ1) is 8.11. The van der Waals surface area contributed by atoms with E-state index in [9.17, 15) is 5.11 Å². The quantitative estimate of drug-likeness (QED) is 0.723. The van der Waals surface area contributed by atoms with Crippen LogP contribution in [0.15, 0.2) is 18.2 Å². The van der Waals surface area contributed by atoms with Crippen LogP contribution in [0.25, 0.3) is 0 Å². The van der Waals surface area contributed by atoms with Crippen molar-refractivity contribution in [2.24, 2.45) is 5.92 Å². The molecule has 17 heavy (non-hydrogen) atoms. The third-order valence-corrected chi connectivity index (χ3v) is 3.14. The molecule has 0 aliphatic heterocycles. The molecule has 1 aromatic carbocycles. The van der Waals surface area contributed by atoms with Gasteiger partial charge in [-0.3, -0.25) is 0 Å². The Balaban J connectivity index is 2.22. The maximum Gasteiger partial charge on any atom is 0.121 e. The van der Waals surface area contributed by atoms with Gasteiger partial charge in [-0.2, -0.15) is 0 Å². The highest BCUT2D eigenvalue weighted by atomic mass is 35.5. The van der Waals surface area contributed by atoms with E-state index in [0.29, 0.717) is 11.6 Å². The van der Waals surface area contributed by atoms with Gasteiger partial charge in [-0.1, -0.05) is 44.4 Å². The Kier molecular flexibility index (Phi) is 6.38. The van der Waals surface area contributed by atoms with Crippen LogP contribution in [0.4, 0.5) is 0 Å². The number of hydrogen-bond donors (Lipinski definition) is 2. The number of nitrogens with one attached hydrogen (secondary N) is 1. The third kappa shape index (κ3) is 5.42. The average Bonchev–Trinajstić information content (AvgIpc) is 2.26. The molecule has 0 amide bonds. The SMILES string of the molecule is CC(C)CCCCNCc1c(O)cccc1Cl. The van der Waals surface area contributed by atoms with Crippen molar-refractivity contribution in [1.82, 2.24) is 5.32 Å². The Labute approximate surface area is 109 Å². The molecule has 3 heteroatoms. The maximum absolute atomic E-state index is 9.64. The van der Waals surface area contributed by atoms with Crippen molar-refractivity contribution in [3.05, 3.63) is 28.8 Å². The van der Waals surface area contributed by atoms with Gasteiger partial charge in [0.05, 0.1) is 0 Å². The van der Waals surface area contributed by atoms with E-state index in [0.717, 1.165) is 18.0 Å². The highest BCUT2D eigenvalue weighted by molar-refractivity contribution is 6.31. The summed E-state index contributed by atoms with van der Waals surface area (Å²) in [5.41, 5.74) is 0.790. The molecule has 0 aromatic heterocycles. The van der Waals surface area contributed by atoms with Gasteiger partial charge in [0, 0.05) is 17.1 Å². The molecule has 0 spiro atoms. The summed E-state index contributed by atoms with van der Waals surface area (Å²) >= 11 is 6.01. The molecule has 2 nitrogen and oxygen atoms in total. The van der Waals surface area contributed by atoms with Crippen molar-refractivity contribution >= 4 is 11.6 Å². The molecule has 1 rings (SSSR count).